The second-order valence-corrected chi connectivity index (χ2v) is 2.56. The van der Waals surface area contributed by atoms with Gasteiger partial charge in [0.25, 0.3) is 5.91 Å². The van der Waals surface area contributed by atoms with E-state index in [1.165, 1.54) is 7.05 Å². The highest BCUT2D eigenvalue weighted by Crippen LogP contribution is 1.99. The molecule has 0 saturated carbocycles. The Morgan fingerprint density at radius 2 is 2.00 bits per heavy atom. The Labute approximate surface area is 72.2 Å². The number of urea groups is 1. The number of nitrogens with one attached hydrogen (secondary N) is 1. The van der Waals surface area contributed by atoms with Gasteiger partial charge in [-0.1, -0.05) is 6.58 Å². The molecule has 0 radical (unpaired) electrons. The summed E-state index contributed by atoms with van der Waals surface area (Å²) >= 11 is 0. The molecule has 0 fully saturated rings. The molecule has 4 heteroatoms. The Balaban J connectivity index is 4.54. The van der Waals surface area contributed by atoms with Gasteiger partial charge in [0.05, 0.1) is 0 Å². The van der Waals surface area contributed by atoms with Crippen LogP contribution in [0.25, 0.3) is 0 Å². The van der Waals surface area contributed by atoms with Crippen molar-refractivity contribution in [3.63, 3.8) is 0 Å². The van der Waals surface area contributed by atoms with E-state index in [0.717, 1.165) is 11.0 Å². The van der Waals surface area contributed by atoms with Gasteiger partial charge in [0.1, 0.15) is 0 Å². The van der Waals surface area contributed by atoms with Crippen LogP contribution in [-0.4, -0.2) is 29.9 Å². The fraction of sp³-hybridized carbons (Fsp3) is 0.500. The second kappa shape index (κ2) is 4.54. The molecule has 0 heterocycles. The molecule has 1 N–H and O–H groups in total. The van der Waals surface area contributed by atoms with E-state index in [1.54, 1.807) is 13.8 Å². The molecule has 0 spiro atoms. The van der Waals surface area contributed by atoms with Gasteiger partial charge in [-0.05, 0) is 19.9 Å². The summed E-state index contributed by atoms with van der Waals surface area (Å²) in [6.45, 7) is 6.83. The second-order valence-electron chi connectivity index (χ2n) is 2.56. The first kappa shape index (κ1) is 10.7. The first-order valence-electron chi connectivity index (χ1n) is 3.72. The zero-order chi connectivity index (χ0) is 9.72. The molecule has 0 bridgehead atoms. The molecule has 0 aromatic rings. The Morgan fingerprint density at radius 3 is 2.25 bits per heavy atom. The lowest BCUT2D eigenvalue weighted by molar-refractivity contribution is -0.124. The van der Waals surface area contributed by atoms with Gasteiger partial charge < -0.3 is 5.32 Å². The average molecular weight is 170 g/mol. The van der Waals surface area contributed by atoms with Crippen LogP contribution in [0.2, 0.25) is 0 Å². The van der Waals surface area contributed by atoms with Gasteiger partial charge in [-0.25, -0.2) is 4.79 Å². The number of carbonyl (C=O) groups is 2. The summed E-state index contributed by atoms with van der Waals surface area (Å²) in [4.78, 5) is 23.3. The molecule has 0 aliphatic rings. The van der Waals surface area contributed by atoms with Gasteiger partial charge >= 0.3 is 6.03 Å². The monoisotopic (exact) mass is 170 g/mol. The van der Waals surface area contributed by atoms with Crippen LogP contribution in [0.3, 0.4) is 0 Å². The molecule has 0 rings (SSSR count). The van der Waals surface area contributed by atoms with Crippen molar-refractivity contribution >= 4 is 11.9 Å². The molecule has 0 saturated heterocycles. The van der Waals surface area contributed by atoms with Crippen LogP contribution in [0.4, 0.5) is 4.79 Å². The third kappa shape index (κ3) is 2.38. The van der Waals surface area contributed by atoms with Crippen LogP contribution in [0.1, 0.15) is 13.8 Å². The zero-order valence-electron chi connectivity index (χ0n) is 7.63. The van der Waals surface area contributed by atoms with Crippen LogP contribution in [0, 0.1) is 0 Å². The highest BCUT2D eigenvalue weighted by molar-refractivity contribution is 6.00. The summed E-state index contributed by atoms with van der Waals surface area (Å²) in [5.74, 6) is -0.385. The fourth-order valence-corrected chi connectivity index (χ4v) is 0.808. The minimum absolute atomic E-state index is 0.157. The van der Waals surface area contributed by atoms with E-state index >= 15 is 0 Å². The van der Waals surface area contributed by atoms with Crippen LogP contribution in [-0.2, 0) is 4.79 Å². The minimum Gasteiger partial charge on any atom is -0.341 e. The molecule has 0 atom stereocenters. The molecule has 0 aromatic heterocycles. The van der Waals surface area contributed by atoms with Crippen molar-refractivity contribution in [2.75, 3.05) is 7.05 Å². The van der Waals surface area contributed by atoms with Gasteiger partial charge in [0.2, 0.25) is 0 Å². The maximum atomic E-state index is 11.1. The number of hydrogen-bond acceptors (Lipinski definition) is 2. The van der Waals surface area contributed by atoms with Crippen LogP contribution >= 0.6 is 0 Å². The summed E-state index contributed by atoms with van der Waals surface area (Å²) < 4.78 is 0. The van der Waals surface area contributed by atoms with Gasteiger partial charge in [-0.15, -0.1) is 0 Å². The molecule has 4 nitrogen and oxygen atoms in total. The maximum absolute atomic E-state index is 11.1. The fourth-order valence-electron chi connectivity index (χ4n) is 0.808. The quantitative estimate of drug-likeness (QED) is 0.622. The smallest absolute Gasteiger partial charge is 0.324 e. The topological polar surface area (TPSA) is 49.4 Å². The molecule has 3 amide bonds. The van der Waals surface area contributed by atoms with E-state index in [2.05, 4.69) is 11.9 Å². The lowest BCUT2D eigenvalue weighted by Crippen LogP contribution is -2.45. The summed E-state index contributed by atoms with van der Waals surface area (Å²) in [5.41, 5.74) is 0. The SMILES string of the molecule is C=CC(=O)N(C(=O)NC)C(C)C. The van der Waals surface area contributed by atoms with E-state index in [0.29, 0.717) is 0 Å². The van der Waals surface area contributed by atoms with E-state index in [4.69, 9.17) is 0 Å². The molecule has 0 unspecified atom stereocenters. The average Bonchev–Trinajstić information content (AvgIpc) is 2.03. The highest BCUT2D eigenvalue weighted by atomic mass is 16.2. The molecule has 0 aromatic carbocycles. The third-order valence-electron chi connectivity index (χ3n) is 1.36. The summed E-state index contributed by atoms with van der Waals surface area (Å²) in [6, 6.07) is -0.564. The number of amides is 3. The van der Waals surface area contributed by atoms with E-state index in [-0.39, 0.29) is 11.9 Å². The largest absolute Gasteiger partial charge is 0.341 e. The van der Waals surface area contributed by atoms with E-state index in [9.17, 15) is 9.59 Å². The van der Waals surface area contributed by atoms with E-state index in [1.807, 2.05) is 0 Å². The van der Waals surface area contributed by atoms with Gasteiger partial charge in [-0.3, -0.25) is 9.69 Å². The molecular weight excluding hydrogens is 156 g/mol. The van der Waals surface area contributed by atoms with Crippen LogP contribution < -0.4 is 5.32 Å². The lowest BCUT2D eigenvalue weighted by Gasteiger charge is -2.22. The lowest BCUT2D eigenvalue weighted by atomic mass is 10.3. The van der Waals surface area contributed by atoms with Gasteiger partial charge in [-0.2, -0.15) is 0 Å². The Hall–Kier alpha value is -1.32. The van der Waals surface area contributed by atoms with Crippen molar-refractivity contribution in [2.45, 2.75) is 19.9 Å². The van der Waals surface area contributed by atoms with Crippen molar-refractivity contribution in [3.8, 4) is 0 Å². The molecule has 12 heavy (non-hydrogen) atoms. The first-order chi connectivity index (χ1) is 5.54. The van der Waals surface area contributed by atoms with Crippen molar-refractivity contribution < 1.29 is 9.59 Å². The van der Waals surface area contributed by atoms with Crippen molar-refractivity contribution in [3.05, 3.63) is 12.7 Å². The predicted molar refractivity (Wildman–Crippen MR) is 46.6 cm³/mol. The van der Waals surface area contributed by atoms with E-state index < -0.39 is 6.03 Å². The maximum Gasteiger partial charge on any atom is 0.324 e. The van der Waals surface area contributed by atoms with Gasteiger partial charge in [0.15, 0.2) is 0 Å². The predicted octanol–water partition coefficient (Wildman–Crippen LogP) is 0.749. The van der Waals surface area contributed by atoms with Crippen molar-refractivity contribution in [1.82, 2.24) is 10.2 Å². The van der Waals surface area contributed by atoms with Crippen LogP contribution in [0.15, 0.2) is 12.7 Å². The van der Waals surface area contributed by atoms with Gasteiger partial charge in [0, 0.05) is 13.1 Å². The summed E-state index contributed by atoms with van der Waals surface area (Å²) in [7, 11) is 1.48. The Bertz CT molecular complexity index is 199. The normalized spacial score (nSPS) is 9.33. The number of carbonyl (C=O) groups excluding carboxylic acids is 2. The molecule has 0 aliphatic heterocycles. The number of rotatable bonds is 2. The first-order valence-corrected chi connectivity index (χ1v) is 3.72. The summed E-state index contributed by atoms with van der Waals surface area (Å²) in [6.07, 6.45) is 1.12. The Kier molecular flexibility index (Phi) is 4.04. The molecular formula is C8H14N2O2. The summed E-state index contributed by atoms with van der Waals surface area (Å²) in [5, 5.41) is 2.38. The zero-order valence-corrected chi connectivity index (χ0v) is 7.63. The third-order valence-corrected chi connectivity index (χ3v) is 1.36. The van der Waals surface area contributed by atoms with Crippen LogP contribution in [0.5, 0.6) is 0 Å². The number of imide groups is 1. The van der Waals surface area contributed by atoms with Crippen molar-refractivity contribution in [2.24, 2.45) is 0 Å². The number of nitrogens with zero attached hydrogens (tertiary/aromatic N) is 1. The Morgan fingerprint density at radius 1 is 1.50 bits per heavy atom. The minimum atomic E-state index is -0.408. The molecule has 0 aliphatic carbocycles. The molecule has 68 valence electrons. The standard InChI is InChI=1S/C8H14N2O2/c1-5-7(11)10(6(2)3)8(12)9-4/h5-6H,1H2,2-4H3,(H,9,12). The highest BCUT2D eigenvalue weighted by Gasteiger charge is 2.20. The number of hydrogen-bond donors (Lipinski definition) is 1. The van der Waals surface area contributed by atoms with Crippen molar-refractivity contribution in [1.29, 1.82) is 0 Å².